The summed E-state index contributed by atoms with van der Waals surface area (Å²) in [5.41, 5.74) is 1.86. The minimum Gasteiger partial charge on any atom is -0.494 e. The molecule has 132 valence electrons. The van der Waals surface area contributed by atoms with Gasteiger partial charge in [0.25, 0.3) is 0 Å². The van der Waals surface area contributed by atoms with Gasteiger partial charge in [-0.15, -0.1) is 0 Å². The Labute approximate surface area is 148 Å². The summed E-state index contributed by atoms with van der Waals surface area (Å²) in [6.45, 7) is 5.50. The summed E-state index contributed by atoms with van der Waals surface area (Å²) in [7, 11) is -3.67. The number of nitrogens with two attached hydrogens (primary N) is 1. The molecule has 1 aliphatic heterocycles. The summed E-state index contributed by atoms with van der Waals surface area (Å²) in [6.07, 6.45) is 4.17. The monoisotopic (exact) mass is 358 g/mol. The Balaban J connectivity index is 1.85. The van der Waals surface area contributed by atoms with E-state index < -0.39 is 10.0 Å². The summed E-state index contributed by atoms with van der Waals surface area (Å²) >= 11 is 0. The molecule has 25 heavy (non-hydrogen) atoms. The zero-order valence-electron chi connectivity index (χ0n) is 14.3. The second-order valence-electron chi connectivity index (χ2n) is 6.33. The van der Waals surface area contributed by atoms with E-state index in [1.54, 1.807) is 12.1 Å². The summed E-state index contributed by atoms with van der Waals surface area (Å²) in [5, 5.41) is 5.16. The number of primary sulfonamides is 1. The highest BCUT2D eigenvalue weighted by Crippen LogP contribution is 2.38. The van der Waals surface area contributed by atoms with Gasteiger partial charge < -0.3 is 9.64 Å². The van der Waals surface area contributed by atoms with Gasteiger partial charge in [0.05, 0.1) is 11.5 Å². The molecule has 0 radical (unpaired) electrons. The Hall–Kier alpha value is -2.31. The van der Waals surface area contributed by atoms with Gasteiger partial charge in [-0.2, -0.15) is 0 Å². The third kappa shape index (κ3) is 3.55. The number of sulfonamides is 1. The van der Waals surface area contributed by atoms with E-state index in [1.807, 2.05) is 31.3 Å². The molecule has 6 heteroatoms. The number of rotatable bonds is 5. The Bertz CT molecular complexity index is 891. The van der Waals surface area contributed by atoms with Crippen molar-refractivity contribution in [2.45, 2.75) is 24.2 Å². The Morgan fingerprint density at radius 2 is 1.84 bits per heavy atom. The molecule has 0 fully saturated rings. The van der Waals surface area contributed by atoms with Gasteiger partial charge in [0.15, 0.2) is 0 Å². The summed E-state index contributed by atoms with van der Waals surface area (Å²) in [4.78, 5) is 2.21. The van der Waals surface area contributed by atoms with Crippen LogP contribution >= 0.6 is 0 Å². The molecule has 0 aromatic heterocycles. The van der Waals surface area contributed by atoms with Gasteiger partial charge in [-0.1, -0.05) is 31.2 Å². The number of benzene rings is 2. The van der Waals surface area contributed by atoms with Crippen LogP contribution in [0.25, 0.3) is 0 Å². The summed E-state index contributed by atoms with van der Waals surface area (Å²) in [6, 6.07) is 14.7. The first-order valence-corrected chi connectivity index (χ1v) is 9.69. The van der Waals surface area contributed by atoms with Gasteiger partial charge in [-0.3, -0.25) is 0 Å². The van der Waals surface area contributed by atoms with E-state index in [0.29, 0.717) is 6.61 Å². The highest BCUT2D eigenvalue weighted by Gasteiger charge is 2.33. The van der Waals surface area contributed by atoms with Gasteiger partial charge in [0.1, 0.15) is 5.75 Å². The Morgan fingerprint density at radius 1 is 1.16 bits per heavy atom. The molecule has 0 bridgehead atoms. The third-order valence-electron chi connectivity index (χ3n) is 4.42. The molecule has 0 aliphatic carbocycles. The van der Waals surface area contributed by atoms with Gasteiger partial charge in [-0.25, -0.2) is 13.6 Å². The molecule has 3 rings (SSSR count). The first-order valence-electron chi connectivity index (χ1n) is 8.15. The van der Waals surface area contributed by atoms with Crippen molar-refractivity contribution in [2.24, 2.45) is 5.14 Å². The molecule has 5 nitrogen and oxygen atoms in total. The molecule has 0 saturated heterocycles. The van der Waals surface area contributed by atoms with Crippen LogP contribution in [0.1, 0.15) is 19.4 Å². The second-order valence-corrected chi connectivity index (χ2v) is 7.89. The molecule has 2 N–H and O–H groups in total. The third-order valence-corrected chi connectivity index (χ3v) is 5.35. The van der Waals surface area contributed by atoms with Crippen LogP contribution in [-0.4, -0.2) is 21.6 Å². The maximum Gasteiger partial charge on any atom is 0.238 e. The van der Waals surface area contributed by atoms with Crippen LogP contribution in [0.15, 0.2) is 65.7 Å². The van der Waals surface area contributed by atoms with Gasteiger partial charge in [-0.05, 0) is 37.3 Å². The lowest BCUT2D eigenvalue weighted by Crippen LogP contribution is -2.29. The fourth-order valence-electron chi connectivity index (χ4n) is 3.11. The largest absolute Gasteiger partial charge is 0.494 e. The zero-order chi connectivity index (χ0) is 18.1. The zero-order valence-corrected chi connectivity index (χ0v) is 15.2. The van der Waals surface area contributed by atoms with Crippen LogP contribution in [-0.2, 0) is 15.4 Å². The molecule has 2 aromatic rings. The normalized spacial score (nSPS) is 20.0. The molecule has 0 amide bonds. The number of hydrogen-bond acceptors (Lipinski definition) is 4. The fourth-order valence-corrected chi connectivity index (χ4v) is 3.63. The van der Waals surface area contributed by atoms with E-state index in [9.17, 15) is 8.42 Å². The van der Waals surface area contributed by atoms with Crippen molar-refractivity contribution in [2.75, 3.05) is 18.1 Å². The van der Waals surface area contributed by atoms with Crippen LogP contribution in [0.3, 0.4) is 0 Å². The smallest absolute Gasteiger partial charge is 0.238 e. The lowest BCUT2D eigenvalue weighted by atomic mass is 9.83. The average Bonchev–Trinajstić information content (AvgIpc) is 2.98. The highest BCUT2D eigenvalue weighted by molar-refractivity contribution is 7.89. The number of ether oxygens (including phenoxy) is 1. The van der Waals surface area contributed by atoms with Crippen molar-refractivity contribution >= 4 is 15.7 Å². The molecule has 1 atom stereocenters. The van der Waals surface area contributed by atoms with Crippen LogP contribution in [0.2, 0.25) is 0 Å². The topological polar surface area (TPSA) is 72.6 Å². The van der Waals surface area contributed by atoms with E-state index >= 15 is 0 Å². The molecule has 0 saturated carbocycles. The average molecular weight is 358 g/mol. The molecule has 1 heterocycles. The maximum atomic E-state index is 11.4. The second kappa shape index (κ2) is 6.54. The summed E-state index contributed by atoms with van der Waals surface area (Å²) in [5.74, 6) is 0.892. The quantitative estimate of drug-likeness (QED) is 0.892. The van der Waals surface area contributed by atoms with E-state index in [1.165, 1.54) is 12.1 Å². The molecule has 1 unspecified atom stereocenters. The highest BCUT2D eigenvalue weighted by atomic mass is 32.2. The van der Waals surface area contributed by atoms with Crippen LogP contribution < -0.4 is 14.8 Å². The number of anilines is 1. The van der Waals surface area contributed by atoms with Crippen molar-refractivity contribution < 1.29 is 13.2 Å². The van der Waals surface area contributed by atoms with E-state index in [0.717, 1.165) is 23.5 Å². The predicted octanol–water partition coefficient (Wildman–Crippen LogP) is 3.02. The predicted molar refractivity (Wildman–Crippen MR) is 99.3 cm³/mol. The van der Waals surface area contributed by atoms with E-state index in [4.69, 9.17) is 9.88 Å². The maximum absolute atomic E-state index is 11.4. The number of nitrogens with zero attached hydrogens (tertiary/aromatic N) is 1. The van der Waals surface area contributed by atoms with Gasteiger partial charge in [0, 0.05) is 29.4 Å². The minimum atomic E-state index is -3.67. The number of para-hydroxylation sites is 1. The molecule has 1 aliphatic rings. The van der Waals surface area contributed by atoms with Gasteiger partial charge in [0.2, 0.25) is 10.0 Å². The van der Waals surface area contributed by atoms with Crippen molar-refractivity contribution in [3.63, 3.8) is 0 Å². The minimum absolute atomic E-state index is 0.115. The first-order chi connectivity index (χ1) is 11.8. The standard InChI is InChI=1S/C19H22N2O3S/c1-3-24-18-7-5-4-6-17(18)19(2)12-13-21(14-19)15-8-10-16(11-9-15)25(20,22)23/h4-13H,3,14H2,1-2H3,(H2,20,22,23). The lowest BCUT2D eigenvalue weighted by Gasteiger charge is -2.28. The lowest BCUT2D eigenvalue weighted by molar-refractivity contribution is 0.331. The van der Waals surface area contributed by atoms with Crippen LogP contribution in [0, 0.1) is 0 Å². The fraction of sp³-hybridized carbons (Fsp3) is 0.263. The Morgan fingerprint density at radius 3 is 2.48 bits per heavy atom. The molecule has 0 spiro atoms. The molecular formula is C19H22N2O3S. The molecule has 2 aromatic carbocycles. The van der Waals surface area contributed by atoms with Crippen molar-refractivity contribution in [3.8, 4) is 5.75 Å². The van der Waals surface area contributed by atoms with E-state index in [-0.39, 0.29) is 10.3 Å². The van der Waals surface area contributed by atoms with Crippen LogP contribution in [0.5, 0.6) is 5.75 Å². The van der Waals surface area contributed by atoms with Crippen molar-refractivity contribution in [1.29, 1.82) is 0 Å². The summed E-state index contributed by atoms with van der Waals surface area (Å²) < 4.78 is 28.6. The van der Waals surface area contributed by atoms with Gasteiger partial charge >= 0.3 is 0 Å². The number of hydrogen-bond donors (Lipinski definition) is 1. The van der Waals surface area contributed by atoms with Crippen molar-refractivity contribution in [3.05, 3.63) is 66.4 Å². The Kier molecular flexibility index (Phi) is 4.58. The SMILES string of the molecule is CCOc1ccccc1C1(C)C=CN(c2ccc(S(N)(=O)=O)cc2)C1. The van der Waals surface area contributed by atoms with Crippen LogP contribution in [0.4, 0.5) is 5.69 Å². The first kappa shape index (κ1) is 17.5. The van der Waals surface area contributed by atoms with E-state index in [2.05, 4.69) is 24.0 Å². The molecular weight excluding hydrogens is 336 g/mol. The van der Waals surface area contributed by atoms with Crippen molar-refractivity contribution in [1.82, 2.24) is 0 Å².